The normalized spacial score (nSPS) is 21.8. The Labute approximate surface area is 154 Å². The lowest BCUT2D eigenvalue weighted by molar-refractivity contribution is -0.129. The molecular weight excluding hydrogens is 336 g/mol. The molecule has 2 aliphatic rings. The van der Waals surface area contributed by atoms with Crippen molar-refractivity contribution in [1.29, 1.82) is 0 Å². The summed E-state index contributed by atoms with van der Waals surface area (Å²) in [6.07, 6.45) is 1.05. The van der Waals surface area contributed by atoms with Gasteiger partial charge in [-0.15, -0.1) is 0 Å². The molecule has 1 aromatic rings. The number of hydrogen-bond acceptors (Lipinski definition) is 4. The van der Waals surface area contributed by atoms with Crippen LogP contribution in [0.2, 0.25) is 0 Å². The van der Waals surface area contributed by atoms with Gasteiger partial charge in [0, 0.05) is 39.8 Å². The molecule has 3 rings (SSSR count). The maximum absolute atomic E-state index is 12.5. The highest BCUT2D eigenvalue weighted by atomic mass is 32.2. The van der Waals surface area contributed by atoms with Gasteiger partial charge in [-0.1, -0.05) is 32.9 Å². The van der Waals surface area contributed by atoms with E-state index in [1.54, 1.807) is 7.11 Å². The minimum atomic E-state index is -1.07. The van der Waals surface area contributed by atoms with Crippen molar-refractivity contribution in [1.82, 2.24) is 9.21 Å². The largest absolute Gasteiger partial charge is 0.379 e. The average molecular weight is 369 g/mol. The fourth-order valence-corrected chi connectivity index (χ4v) is 4.36. The van der Waals surface area contributed by atoms with Gasteiger partial charge in [-0.3, -0.25) is 4.90 Å². The number of ether oxygens (including phenoxy) is 2. The Bertz CT molecular complexity index is 532. The number of likely N-dealkylation sites (tertiary alicyclic amines) is 1. The second kappa shape index (κ2) is 9.78. The highest BCUT2D eigenvalue weighted by molar-refractivity contribution is 7.82. The van der Waals surface area contributed by atoms with E-state index in [4.69, 9.17) is 9.47 Å². The van der Waals surface area contributed by atoms with Crippen LogP contribution in [0.4, 0.5) is 0 Å². The highest BCUT2D eigenvalue weighted by Gasteiger charge is 2.41. The first-order valence-corrected chi connectivity index (χ1v) is 10.4. The molecule has 0 saturated carbocycles. The van der Waals surface area contributed by atoms with Gasteiger partial charge in [-0.2, -0.15) is 0 Å². The van der Waals surface area contributed by atoms with Crippen LogP contribution in [0, 0.1) is 0 Å². The quantitative estimate of drug-likeness (QED) is 0.774. The van der Waals surface area contributed by atoms with E-state index in [1.165, 1.54) is 5.56 Å². The number of methoxy groups -OCH3 is 1. The molecule has 2 saturated heterocycles. The summed E-state index contributed by atoms with van der Waals surface area (Å²) in [5.41, 5.74) is 1.31. The third-order valence-electron chi connectivity index (χ3n) is 4.84. The molecule has 5 nitrogen and oxygen atoms in total. The maximum atomic E-state index is 12.5. The Hall–Kier alpha value is -0.790. The van der Waals surface area contributed by atoms with Crippen LogP contribution in [-0.4, -0.2) is 65.5 Å². The third kappa shape index (κ3) is 5.11. The van der Waals surface area contributed by atoms with E-state index in [0.717, 1.165) is 44.0 Å². The molecule has 1 unspecified atom stereocenters. The lowest BCUT2D eigenvalue weighted by Crippen LogP contribution is -2.61. The molecule has 1 atom stereocenters. The molecule has 25 heavy (non-hydrogen) atoms. The van der Waals surface area contributed by atoms with Crippen LogP contribution in [0.3, 0.4) is 0 Å². The van der Waals surface area contributed by atoms with E-state index in [-0.39, 0.29) is 5.60 Å². The van der Waals surface area contributed by atoms with Crippen LogP contribution in [0.5, 0.6) is 0 Å². The smallest absolute Gasteiger partial charge is 0.127 e. The average Bonchev–Trinajstić information content (AvgIpc) is 2.67. The fraction of sp³-hybridized carbons (Fsp3) is 0.684. The molecule has 0 bridgehead atoms. The van der Waals surface area contributed by atoms with Gasteiger partial charge in [-0.05, 0) is 24.1 Å². The Morgan fingerprint density at radius 2 is 1.76 bits per heavy atom. The lowest BCUT2D eigenvalue weighted by Gasteiger charge is -2.48. The van der Waals surface area contributed by atoms with Gasteiger partial charge in [0.2, 0.25) is 0 Å². The number of nitrogens with zero attached hydrogens (tertiary/aromatic N) is 2. The van der Waals surface area contributed by atoms with Crippen LogP contribution in [0.15, 0.2) is 29.2 Å². The highest BCUT2D eigenvalue weighted by Crippen LogP contribution is 2.29. The zero-order valence-corrected chi connectivity index (χ0v) is 16.8. The van der Waals surface area contributed by atoms with Crippen LogP contribution in [0.25, 0.3) is 0 Å². The molecule has 2 fully saturated rings. The van der Waals surface area contributed by atoms with Crippen molar-refractivity contribution in [2.24, 2.45) is 0 Å². The van der Waals surface area contributed by atoms with Gasteiger partial charge in [-0.25, -0.2) is 8.51 Å². The molecular formula is C19H32N2O3S. The number of rotatable bonds is 6. The molecule has 0 amide bonds. The summed E-state index contributed by atoms with van der Waals surface area (Å²) in [4.78, 5) is 3.26. The zero-order valence-electron chi connectivity index (χ0n) is 16.0. The summed E-state index contributed by atoms with van der Waals surface area (Å²) >= 11 is 0. The van der Waals surface area contributed by atoms with Crippen molar-refractivity contribution in [3.63, 3.8) is 0 Å². The second-order valence-corrected chi connectivity index (χ2v) is 7.81. The molecule has 1 aromatic carbocycles. The Morgan fingerprint density at radius 1 is 1.16 bits per heavy atom. The predicted octanol–water partition coefficient (Wildman–Crippen LogP) is 2.68. The Balaban J connectivity index is 0.00000109. The first-order chi connectivity index (χ1) is 12.2. The Morgan fingerprint density at radius 3 is 2.28 bits per heavy atom. The fourth-order valence-electron chi connectivity index (χ4n) is 3.21. The van der Waals surface area contributed by atoms with E-state index < -0.39 is 11.0 Å². The van der Waals surface area contributed by atoms with E-state index >= 15 is 0 Å². The first kappa shape index (κ1) is 20.5. The van der Waals surface area contributed by atoms with Crippen LogP contribution >= 0.6 is 0 Å². The van der Waals surface area contributed by atoms with Gasteiger partial charge < -0.3 is 9.47 Å². The van der Waals surface area contributed by atoms with Crippen LogP contribution in [0.1, 0.15) is 32.8 Å². The van der Waals surface area contributed by atoms with Gasteiger partial charge in [0.25, 0.3) is 0 Å². The number of hydrogen-bond donors (Lipinski definition) is 0. The minimum Gasteiger partial charge on any atom is -0.379 e. The van der Waals surface area contributed by atoms with Gasteiger partial charge in [0.15, 0.2) is 0 Å². The molecule has 2 heterocycles. The molecule has 0 N–H and O–H groups in total. The number of benzene rings is 1. The monoisotopic (exact) mass is 368 g/mol. The summed E-state index contributed by atoms with van der Waals surface area (Å²) in [5, 5.41) is 0. The zero-order chi connectivity index (χ0) is 18.3. The van der Waals surface area contributed by atoms with Crippen molar-refractivity contribution in [3.8, 4) is 0 Å². The molecule has 0 radical (unpaired) electrons. The molecule has 0 aromatic heterocycles. The first-order valence-electron chi connectivity index (χ1n) is 9.27. The van der Waals surface area contributed by atoms with Crippen molar-refractivity contribution < 1.29 is 13.7 Å². The molecule has 0 spiro atoms. The van der Waals surface area contributed by atoms with Crippen molar-refractivity contribution in [2.45, 2.75) is 44.2 Å². The van der Waals surface area contributed by atoms with E-state index in [1.807, 2.05) is 30.3 Å². The Kier molecular flexibility index (Phi) is 8.03. The summed E-state index contributed by atoms with van der Waals surface area (Å²) < 4.78 is 25.4. The number of morpholine rings is 1. The van der Waals surface area contributed by atoms with Gasteiger partial charge in [0.1, 0.15) is 11.0 Å². The lowest BCUT2D eigenvalue weighted by atomic mass is 9.90. The van der Waals surface area contributed by atoms with Crippen molar-refractivity contribution in [2.75, 3.05) is 46.5 Å². The summed E-state index contributed by atoms with van der Waals surface area (Å²) in [6.45, 7) is 11.9. The predicted molar refractivity (Wildman–Crippen MR) is 102 cm³/mol. The minimum absolute atomic E-state index is 0.0533. The van der Waals surface area contributed by atoms with Crippen molar-refractivity contribution in [3.05, 3.63) is 29.8 Å². The third-order valence-corrected chi connectivity index (χ3v) is 6.35. The van der Waals surface area contributed by atoms with Crippen molar-refractivity contribution >= 4 is 11.0 Å². The second-order valence-electron chi connectivity index (χ2n) is 6.32. The van der Waals surface area contributed by atoms with Crippen LogP contribution in [-0.2, 0) is 27.0 Å². The van der Waals surface area contributed by atoms with E-state index in [9.17, 15) is 4.21 Å². The maximum Gasteiger partial charge on any atom is 0.127 e. The standard InChI is InChI=1S/C17H26N2O3S.C2H6/c1-3-17(21-2)13-18(14-17)12-15-4-6-16(7-5-15)23(20)19-8-10-22-11-9-19;1-2/h4-7H,3,8-14H2,1-2H3;1-2H3. The SMILES string of the molecule is CC.CCC1(OC)CN(Cc2ccc(S(=O)N3CCOCC3)cc2)C1. The molecule has 6 heteroatoms. The topological polar surface area (TPSA) is 42.0 Å². The summed E-state index contributed by atoms with van der Waals surface area (Å²) in [7, 11) is 0.728. The van der Waals surface area contributed by atoms with E-state index in [0.29, 0.717) is 13.2 Å². The van der Waals surface area contributed by atoms with Gasteiger partial charge in [0.05, 0.1) is 23.7 Å². The molecule has 0 aliphatic carbocycles. The molecule has 142 valence electrons. The van der Waals surface area contributed by atoms with Gasteiger partial charge >= 0.3 is 0 Å². The summed E-state index contributed by atoms with van der Waals surface area (Å²) in [6, 6.07) is 8.16. The summed E-state index contributed by atoms with van der Waals surface area (Å²) in [5.74, 6) is 0. The molecule has 2 aliphatic heterocycles. The van der Waals surface area contributed by atoms with E-state index in [2.05, 4.69) is 24.0 Å². The van der Waals surface area contributed by atoms with Crippen LogP contribution < -0.4 is 0 Å².